The molecule has 1 atom stereocenters. The molecule has 2 amide bonds. The minimum absolute atomic E-state index is 0.0308. The first-order valence-electron chi connectivity index (χ1n) is 7.41. The van der Waals surface area contributed by atoms with Gasteiger partial charge in [0.05, 0.1) is 24.4 Å². The SMILES string of the molecule is O=C(CNC(=O)c1ccoc1)NC1CCCc2ccccc21. The Labute approximate surface area is 128 Å². The molecule has 0 spiro atoms. The Morgan fingerprint density at radius 1 is 1.23 bits per heavy atom. The number of benzene rings is 1. The fourth-order valence-corrected chi connectivity index (χ4v) is 2.81. The Morgan fingerprint density at radius 2 is 2.09 bits per heavy atom. The van der Waals surface area contributed by atoms with Crippen molar-refractivity contribution in [3.8, 4) is 0 Å². The van der Waals surface area contributed by atoms with Crippen molar-refractivity contribution < 1.29 is 14.0 Å². The van der Waals surface area contributed by atoms with Crippen LogP contribution in [0.5, 0.6) is 0 Å². The summed E-state index contributed by atoms with van der Waals surface area (Å²) in [5.74, 6) is -0.494. The quantitative estimate of drug-likeness (QED) is 0.909. The van der Waals surface area contributed by atoms with Gasteiger partial charge in [-0.2, -0.15) is 0 Å². The van der Waals surface area contributed by atoms with Gasteiger partial charge in [0.2, 0.25) is 5.91 Å². The Bertz CT molecular complexity index is 664. The highest BCUT2D eigenvalue weighted by molar-refractivity contribution is 5.96. The van der Waals surface area contributed by atoms with Gasteiger partial charge >= 0.3 is 0 Å². The lowest BCUT2D eigenvalue weighted by Gasteiger charge is -2.26. The molecule has 1 aliphatic carbocycles. The minimum atomic E-state index is -0.312. The molecule has 1 heterocycles. The molecule has 3 rings (SSSR count). The molecule has 114 valence electrons. The van der Waals surface area contributed by atoms with Crippen molar-refractivity contribution in [1.29, 1.82) is 0 Å². The summed E-state index contributed by atoms with van der Waals surface area (Å²) in [6.45, 7) is -0.0390. The largest absolute Gasteiger partial charge is 0.472 e. The molecule has 0 bridgehead atoms. The predicted molar refractivity (Wildman–Crippen MR) is 81.3 cm³/mol. The Balaban J connectivity index is 1.55. The van der Waals surface area contributed by atoms with Crippen molar-refractivity contribution >= 4 is 11.8 Å². The van der Waals surface area contributed by atoms with Crippen LogP contribution in [0.3, 0.4) is 0 Å². The molecule has 0 saturated heterocycles. The second kappa shape index (κ2) is 6.47. The molecule has 22 heavy (non-hydrogen) atoms. The van der Waals surface area contributed by atoms with Gasteiger partial charge in [0.15, 0.2) is 0 Å². The third kappa shape index (κ3) is 3.19. The Kier molecular flexibility index (Phi) is 4.23. The maximum absolute atomic E-state index is 12.0. The third-order valence-electron chi connectivity index (χ3n) is 3.90. The van der Waals surface area contributed by atoms with Gasteiger partial charge in [0, 0.05) is 0 Å². The van der Waals surface area contributed by atoms with E-state index < -0.39 is 0 Å². The fraction of sp³-hybridized carbons (Fsp3) is 0.294. The molecule has 0 aliphatic heterocycles. The normalized spacial score (nSPS) is 16.6. The van der Waals surface area contributed by atoms with Crippen LogP contribution in [0.25, 0.3) is 0 Å². The summed E-state index contributed by atoms with van der Waals surface area (Å²) in [7, 11) is 0. The zero-order chi connectivity index (χ0) is 15.4. The van der Waals surface area contributed by atoms with Gasteiger partial charge in [0.1, 0.15) is 6.26 Å². The average molecular weight is 298 g/mol. The van der Waals surface area contributed by atoms with Gasteiger partial charge in [-0.15, -0.1) is 0 Å². The number of hydrogen-bond acceptors (Lipinski definition) is 3. The monoisotopic (exact) mass is 298 g/mol. The van der Waals surface area contributed by atoms with E-state index in [1.54, 1.807) is 6.07 Å². The summed E-state index contributed by atoms with van der Waals surface area (Å²) in [5, 5.41) is 5.59. The van der Waals surface area contributed by atoms with E-state index in [2.05, 4.69) is 22.8 Å². The molecule has 5 nitrogen and oxygen atoms in total. The molecular weight excluding hydrogens is 280 g/mol. The molecular formula is C17H18N2O3. The molecule has 5 heteroatoms. The number of hydrogen-bond donors (Lipinski definition) is 2. The number of nitrogens with one attached hydrogen (secondary N) is 2. The smallest absolute Gasteiger partial charge is 0.254 e. The second-order valence-electron chi connectivity index (χ2n) is 5.41. The van der Waals surface area contributed by atoms with Crippen molar-refractivity contribution in [1.82, 2.24) is 10.6 Å². The van der Waals surface area contributed by atoms with E-state index in [-0.39, 0.29) is 24.4 Å². The first-order chi connectivity index (χ1) is 10.7. The average Bonchev–Trinajstić information content (AvgIpc) is 3.07. The van der Waals surface area contributed by atoms with Crippen LogP contribution in [0.2, 0.25) is 0 Å². The molecule has 0 saturated carbocycles. The number of carbonyl (C=O) groups is 2. The van der Waals surface area contributed by atoms with Crippen LogP contribution in [0.15, 0.2) is 47.3 Å². The van der Waals surface area contributed by atoms with E-state index in [9.17, 15) is 9.59 Å². The molecule has 1 aliphatic rings. The highest BCUT2D eigenvalue weighted by Crippen LogP contribution is 2.29. The van der Waals surface area contributed by atoms with Crippen LogP contribution in [-0.4, -0.2) is 18.4 Å². The van der Waals surface area contributed by atoms with Crippen LogP contribution in [0, 0.1) is 0 Å². The van der Waals surface area contributed by atoms with E-state index >= 15 is 0 Å². The zero-order valence-electron chi connectivity index (χ0n) is 12.2. The van der Waals surface area contributed by atoms with E-state index in [1.165, 1.54) is 23.7 Å². The van der Waals surface area contributed by atoms with E-state index in [0.717, 1.165) is 19.3 Å². The molecule has 1 aromatic carbocycles. The zero-order valence-corrected chi connectivity index (χ0v) is 12.2. The summed E-state index contributed by atoms with van der Waals surface area (Å²) in [6, 6.07) is 9.77. The molecule has 2 aromatic rings. The first-order valence-corrected chi connectivity index (χ1v) is 7.41. The fourth-order valence-electron chi connectivity index (χ4n) is 2.81. The highest BCUT2D eigenvalue weighted by atomic mass is 16.3. The summed E-state index contributed by atoms with van der Waals surface area (Å²) in [4.78, 5) is 23.8. The van der Waals surface area contributed by atoms with Crippen LogP contribution in [0.4, 0.5) is 0 Å². The lowest BCUT2D eigenvalue weighted by molar-refractivity contribution is -0.121. The van der Waals surface area contributed by atoms with Crippen molar-refractivity contribution in [3.63, 3.8) is 0 Å². The molecule has 0 fully saturated rings. The van der Waals surface area contributed by atoms with Crippen LogP contribution in [-0.2, 0) is 11.2 Å². The number of fused-ring (bicyclic) bond motifs is 1. The van der Waals surface area contributed by atoms with Crippen molar-refractivity contribution in [2.45, 2.75) is 25.3 Å². The Morgan fingerprint density at radius 3 is 2.91 bits per heavy atom. The first kappa shape index (κ1) is 14.4. The van der Waals surface area contributed by atoms with E-state index in [0.29, 0.717) is 5.56 Å². The minimum Gasteiger partial charge on any atom is -0.472 e. The topological polar surface area (TPSA) is 71.3 Å². The maximum atomic E-state index is 12.0. The molecule has 2 N–H and O–H groups in total. The van der Waals surface area contributed by atoms with Gasteiger partial charge < -0.3 is 15.1 Å². The standard InChI is InChI=1S/C17H18N2O3/c20-16(10-18-17(21)13-8-9-22-11-13)19-15-7-3-5-12-4-1-2-6-14(12)15/h1-2,4,6,8-9,11,15H,3,5,7,10H2,(H,18,21)(H,19,20). The van der Waals surface area contributed by atoms with Gasteiger partial charge in [0.25, 0.3) is 5.91 Å². The second-order valence-corrected chi connectivity index (χ2v) is 5.41. The van der Waals surface area contributed by atoms with Gasteiger partial charge in [-0.05, 0) is 36.5 Å². The summed E-state index contributed by atoms with van der Waals surface area (Å²) < 4.78 is 4.84. The number of amides is 2. The van der Waals surface area contributed by atoms with Crippen LogP contribution >= 0.6 is 0 Å². The third-order valence-corrected chi connectivity index (χ3v) is 3.90. The van der Waals surface area contributed by atoms with Gasteiger partial charge in [-0.25, -0.2) is 0 Å². The van der Waals surface area contributed by atoms with Crippen molar-refractivity contribution in [2.24, 2.45) is 0 Å². The van der Waals surface area contributed by atoms with Crippen LogP contribution in [0.1, 0.15) is 40.4 Å². The number of carbonyl (C=O) groups excluding carboxylic acids is 2. The van der Waals surface area contributed by atoms with Crippen molar-refractivity contribution in [2.75, 3.05) is 6.54 Å². The molecule has 0 radical (unpaired) electrons. The summed E-state index contributed by atoms with van der Waals surface area (Å²) >= 11 is 0. The van der Waals surface area contributed by atoms with E-state index in [4.69, 9.17) is 4.42 Å². The van der Waals surface area contributed by atoms with Crippen molar-refractivity contribution in [3.05, 3.63) is 59.5 Å². The maximum Gasteiger partial charge on any atom is 0.254 e. The number of aryl methyl sites for hydroxylation is 1. The molecule has 1 unspecified atom stereocenters. The summed E-state index contributed by atoms with van der Waals surface area (Å²) in [6.07, 6.45) is 5.82. The lowest BCUT2D eigenvalue weighted by atomic mass is 9.88. The van der Waals surface area contributed by atoms with E-state index in [1.807, 2.05) is 12.1 Å². The Hall–Kier alpha value is -2.56. The lowest BCUT2D eigenvalue weighted by Crippen LogP contribution is -2.39. The van der Waals surface area contributed by atoms with Gasteiger partial charge in [-0.1, -0.05) is 24.3 Å². The highest BCUT2D eigenvalue weighted by Gasteiger charge is 2.21. The number of rotatable bonds is 4. The molecule has 1 aromatic heterocycles. The van der Waals surface area contributed by atoms with Gasteiger partial charge in [-0.3, -0.25) is 9.59 Å². The predicted octanol–water partition coefficient (Wildman–Crippen LogP) is 2.20. The number of furan rings is 1. The summed E-state index contributed by atoms with van der Waals surface area (Å²) in [5.41, 5.74) is 2.89. The van der Waals surface area contributed by atoms with Crippen LogP contribution < -0.4 is 10.6 Å².